The van der Waals surface area contributed by atoms with Crippen LogP contribution in [0.4, 0.5) is 4.79 Å². The maximum atomic E-state index is 12.4. The summed E-state index contributed by atoms with van der Waals surface area (Å²) in [6, 6.07) is -0.120. The summed E-state index contributed by atoms with van der Waals surface area (Å²) in [4.78, 5) is 26.5. The van der Waals surface area contributed by atoms with Crippen molar-refractivity contribution in [2.24, 2.45) is 11.8 Å². The van der Waals surface area contributed by atoms with Crippen LogP contribution >= 0.6 is 0 Å². The van der Waals surface area contributed by atoms with Crippen LogP contribution < -0.4 is 0 Å². The number of aliphatic carboxylic acids is 1. The fourth-order valence-electron chi connectivity index (χ4n) is 3.06. The van der Waals surface area contributed by atoms with Crippen molar-refractivity contribution in [2.45, 2.75) is 44.9 Å². The average molecular weight is 282 g/mol. The summed E-state index contributed by atoms with van der Waals surface area (Å²) in [6.45, 7) is 1.18. The molecule has 0 atom stereocenters. The second kappa shape index (κ2) is 6.95. The molecular formula is C15H26N2O3. The van der Waals surface area contributed by atoms with Crippen molar-refractivity contribution in [2.75, 3.05) is 26.7 Å². The molecule has 0 aromatic heterocycles. The molecule has 0 unspecified atom stereocenters. The molecule has 20 heavy (non-hydrogen) atoms. The number of nitrogens with zero attached hydrogens (tertiary/aromatic N) is 2. The molecule has 0 aromatic carbocycles. The van der Waals surface area contributed by atoms with Crippen molar-refractivity contribution in [3.05, 3.63) is 0 Å². The van der Waals surface area contributed by atoms with Gasteiger partial charge in [0.1, 0.15) is 6.54 Å². The number of hydrogen-bond donors (Lipinski definition) is 1. The maximum Gasteiger partial charge on any atom is 0.323 e. The molecule has 5 nitrogen and oxygen atoms in total. The van der Waals surface area contributed by atoms with E-state index in [1.165, 1.54) is 37.0 Å². The highest BCUT2D eigenvalue weighted by Crippen LogP contribution is 2.30. The van der Waals surface area contributed by atoms with E-state index in [0.717, 1.165) is 19.4 Å². The van der Waals surface area contributed by atoms with Gasteiger partial charge in [-0.05, 0) is 37.5 Å². The number of rotatable bonds is 6. The van der Waals surface area contributed by atoms with Gasteiger partial charge < -0.3 is 14.9 Å². The molecule has 0 heterocycles. The van der Waals surface area contributed by atoms with Gasteiger partial charge in [-0.15, -0.1) is 0 Å². The molecule has 2 aliphatic rings. The van der Waals surface area contributed by atoms with Crippen LogP contribution in [0.15, 0.2) is 0 Å². The van der Waals surface area contributed by atoms with E-state index < -0.39 is 5.97 Å². The fraction of sp³-hybridized carbons (Fsp3) is 0.867. The average Bonchev–Trinajstić information content (AvgIpc) is 3.21. The number of carbonyl (C=O) groups is 2. The highest BCUT2D eigenvalue weighted by Gasteiger charge is 2.30. The number of carboxylic acids is 1. The number of hydrogen-bond acceptors (Lipinski definition) is 2. The molecule has 5 heteroatoms. The lowest BCUT2D eigenvalue weighted by molar-refractivity contribution is -0.137. The summed E-state index contributed by atoms with van der Waals surface area (Å²) >= 11 is 0. The van der Waals surface area contributed by atoms with Gasteiger partial charge >= 0.3 is 12.0 Å². The number of carbonyl (C=O) groups excluding carboxylic acids is 1. The van der Waals surface area contributed by atoms with Crippen LogP contribution in [0.1, 0.15) is 44.9 Å². The predicted molar refractivity (Wildman–Crippen MR) is 76.5 cm³/mol. The van der Waals surface area contributed by atoms with Gasteiger partial charge in [-0.2, -0.15) is 0 Å². The third-order valence-electron chi connectivity index (χ3n) is 4.36. The van der Waals surface area contributed by atoms with E-state index in [0.29, 0.717) is 18.4 Å². The molecule has 0 bridgehead atoms. The zero-order chi connectivity index (χ0) is 14.5. The molecule has 0 spiro atoms. The van der Waals surface area contributed by atoms with Crippen LogP contribution in [0.25, 0.3) is 0 Å². The van der Waals surface area contributed by atoms with Crippen molar-refractivity contribution in [3.8, 4) is 0 Å². The number of amides is 2. The molecule has 0 saturated heterocycles. The van der Waals surface area contributed by atoms with E-state index in [2.05, 4.69) is 0 Å². The Labute approximate surface area is 120 Å². The standard InChI is InChI=1S/C15H26N2O3/c1-16(9-12-5-3-2-4-6-12)15(20)17(11-14(18)19)10-13-7-8-13/h12-13H,2-11H2,1H3,(H,18,19). The van der Waals surface area contributed by atoms with Crippen molar-refractivity contribution in [1.82, 2.24) is 9.80 Å². The predicted octanol–water partition coefficient (Wildman–Crippen LogP) is 2.42. The summed E-state index contributed by atoms with van der Waals surface area (Å²) in [5.41, 5.74) is 0. The lowest BCUT2D eigenvalue weighted by Crippen LogP contribution is -2.46. The van der Waals surface area contributed by atoms with Crippen LogP contribution in [0.2, 0.25) is 0 Å². The first-order chi connectivity index (χ1) is 9.56. The van der Waals surface area contributed by atoms with E-state index in [9.17, 15) is 9.59 Å². The Balaban J connectivity index is 1.85. The molecule has 2 amide bonds. The minimum absolute atomic E-state index is 0.120. The number of carboxylic acid groups (broad SMARTS) is 1. The zero-order valence-corrected chi connectivity index (χ0v) is 12.4. The SMILES string of the molecule is CN(CC1CCCCC1)C(=O)N(CC(=O)O)CC1CC1. The van der Waals surface area contributed by atoms with Crippen molar-refractivity contribution >= 4 is 12.0 Å². The number of urea groups is 1. The molecule has 2 rings (SSSR count). The lowest BCUT2D eigenvalue weighted by Gasteiger charge is -2.31. The third-order valence-corrected chi connectivity index (χ3v) is 4.36. The van der Waals surface area contributed by atoms with Crippen LogP contribution in [-0.4, -0.2) is 53.6 Å². The first kappa shape index (κ1) is 15.1. The van der Waals surface area contributed by atoms with E-state index >= 15 is 0 Å². The zero-order valence-electron chi connectivity index (χ0n) is 12.4. The Morgan fingerprint density at radius 1 is 1.00 bits per heavy atom. The summed E-state index contributed by atoms with van der Waals surface area (Å²) in [5.74, 6) is 0.178. The van der Waals surface area contributed by atoms with Crippen LogP contribution in [-0.2, 0) is 4.79 Å². The Kier molecular flexibility index (Phi) is 5.26. The molecular weight excluding hydrogens is 256 g/mol. The molecule has 2 aliphatic carbocycles. The summed E-state index contributed by atoms with van der Waals surface area (Å²) < 4.78 is 0. The summed E-state index contributed by atoms with van der Waals surface area (Å²) in [6.07, 6.45) is 8.45. The minimum atomic E-state index is -0.926. The molecule has 114 valence electrons. The van der Waals surface area contributed by atoms with Crippen LogP contribution in [0.3, 0.4) is 0 Å². The second-order valence-electron chi connectivity index (χ2n) is 6.38. The van der Waals surface area contributed by atoms with Crippen molar-refractivity contribution in [1.29, 1.82) is 0 Å². The van der Waals surface area contributed by atoms with Crippen molar-refractivity contribution in [3.63, 3.8) is 0 Å². The summed E-state index contributed by atoms with van der Waals surface area (Å²) in [5, 5.41) is 8.96. The largest absolute Gasteiger partial charge is 0.480 e. The maximum absolute atomic E-state index is 12.4. The van der Waals surface area contributed by atoms with Gasteiger partial charge in [0.05, 0.1) is 0 Å². The summed E-state index contributed by atoms with van der Waals surface area (Å²) in [7, 11) is 1.80. The Hall–Kier alpha value is -1.26. The lowest BCUT2D eigenvalue weighted by atomic mass is 9.89. The van der Waals surface area contributed by atoms with E-state index in [1.54, 1.807) is 11.9 Å². The molecule has 0 radical (unpaired) electrons. The van der Waals surface area contributed by atoms with E-state index in [1.807, 2.05) is 0 Å². The van der Waals surface area contributed by atoms with Gasteiger partial charge in [-0.25, -0.2) is 4.79 Å². The van der Waals surface area contributed by atoms with Gasteiger partial charge in [-0.1, -0.05) is 19.3 Å². The second-order valence-corrected chi connectivity index (χ2v) is 6.38. The van der Waals surface area contributed by atoms with Gasteiger partial charge in [0.2, 0.25) is 0 Å². The van der Waals surface area contributed by atoms with Crippen molar-refractivity contribution < 1.29 is 14.7 Å². The highest BCUT2D eigenvalue weighted by atomic mass is 16.4. The molecule has 1 N–H and O–H groups in total. The van der Waals surface area contributed by atoms with E-state index in [-0.39, 0.29) is 12.6 Å². The molecule has 0 aliphatic heterocycles. The molecule has 0 aromatic rings. The topological polar surface area (TPSA) is 60.9 Å². The monoisotopic (exact) mass is 282 g/mol. The van der Waals surface area contributed by atoms with Gasteiger partial charge in [0.25, 0.3) is 0 Å². The van der Waals surface area contributed by atoms with Crippen LogP contribution in [0, 0.1) is 11.8 Å². The molecule has 2 fully saturated rings. The third kappa shape index (κ3) is 4.69. The quantitative estimate of drug-likeness (QED) is 0.814. The van der Waals surface area contributed by atoms with Gasteiger partial charge in [0, 0.05) is 20.1 Å². The van der Waals surface area contributed by atoms with Gasteiger partial charge in [0.15, 0.2) is 0 Å². The Morgan fingerprint density at radius 3 is 2.15 bits per heavy atom. The Bertz CT molecular complexity index is 349. The van der Waals surface area contributed by atoms with Crippen LogP contribution in [0.5, 0.6) is 0 Å². The van der Waals surface area contributed by atoms with Gasteiger partial charge in [-0.3, -0.25) is 4.79 Å². The smallest absolute Gasteiger partial charge is 0.323 e. The molecule has 2 saturated carbocycles. The fourth-order valence-corrected chi connectivity index (χ4v) is 3.06. The first-order valence-electron chi connectivity index (χ1n) is 7.78. The van der Waals surface area contributed by atoms with E-state index in [4.69, 9.17) is 5.11 Å². The normalized spacial score (nSPS) is 19.6. The minimum Gasteiger partial charge on any atom is -0.480 e. The highest BCUT2D eigenvalue weighted by molar-refractivity contribution is 5.80. The first-order valence-corrected chi connectivity index (χ1v) is 7.78. The Morgan fingerprint density at radius 2 is 1.60 bits per heavy atom.